The van der Waals surface area contributed by atoms with Gasteiger partial charge in [0.15, 0.2) is 0 Å². The fourth-order valence-electron chi connectivity index (χ4n) is 4.57. The van der Waals surface area contributed by atoms with E-state index in [1.54, 1.807) is 0 Å². The molecule has 0 radical (unpaired) electrons. The molecule has 3 nitrogen and oxygen atoms in total. The van der Waals surface area contributed by atoms with E-state index in [2.05, 4.69) is 35.6 Å². The highest BCUT2D eigenvalue weighted by Crippen LogP contribution is 2.30. The first-order chi connectivity index (χ1) is 9.65. The van der Waals surface area contributed by atoms with Crippen molar-refractivity contribution in [1.29, 1.82) is 0 Å². The molecule has 2 unspecified atom stereocenters. The second-order valence-electron chi connectivity index (χ2n) is 7.69. The molecule has 0 aromatic heterocycles. The van der Waals surface area contributed by atoms with Crippen molar-refractivity contribution in [3.63, 3.8) is 0 Å². The lowest BCUT2D eigenvalue weighted by Crippen LogP contribution is -2.64. The van der Waals surface area contributed by atoms with E-state index in [9.17, 15) is 0 Å². The fraction of sp³-hybridized carbons (Fsp3) is 1.00. The van der Waals surface area contributed by atoms with Gasteiger partial charge in [-0.2, -0.15) is 0 Å². The maximum Gasteiger partial charge on any atom is 0.0249 e. The summed E-state index contributed by atoms with van der Waals surface area (Å²) in [6.45, 7) is 11.5. The molecule has 0 bridgehead atoms. The lowest BCUT2D eigenvalue weighted by Gasteiger charge is -2.53. The second kappa shape index (κ2) is 6.33. The van der Waals surface area contributed by atoms with E-state index in [1.807, 2.05) is 0 Å². The lowest BCUT2D eigenvalue weighted by molar-refractivity contribution is -0.0416. The van der Waals surface area contributed by atoms with Crippen LogP contribution in [0.2, 0.25) is 0 Å². The first-order valence-corrected chi connectivity index (χ1v) is 8.83. The van der Waals surface area contributed by atoms with E-state index >= 15 is 0 Å². The normalized spacial score (nSPS) is 35.4. The minimum atomic E-state index is 0.789. The van der Waals surface area contributed by atoms with Gasteiger partial charge in [-0.3, -0.25) is 9.80 Å². The molecule has 3 heterocycles. The summed E-state index contributed by atoms with van der Waals surface area (Å²) in [5.74, 6) is 0.789. The van der Waals surface area contributed by atoms with E-state index in [1.165, 1.54) is 64.8 Å². The summed E-state index contributed by atoms with van der Waals surface area (Å²) in [7, 11) is 2.27. The SMILES string of the molecule is CC(C)C1CN2CCCCC2CN1C1CCN(C)CC1. The number of hydrogen-bond donors (Lipinski definition) is 0. The van der Waals surface area contributed by atoms with Gasteiger partial charge in [0.25, 0.3) is 0 Å². The zero-order valence-electron chi connectivity index (χ0n) is 13.7. The molecule has 2 atom stereocenters. The third-order valence-electron chi connectivity index (χ3n) is 5.94. The molecule has 3 saturated heterocycles. The van der Waals surface area contributed by atoms with Crippen molar-refractivity contribution < 1.29 is 0 Å². The Kier molecular flexibility index (Phi) is 4.68. The van der Waals surface area contributed by atoms with Gasteiger partial charge in [0.2, 0.25) is 0 Å². The topological polar surface area (TPSA) is 9.72 Å². The summed E-state index contributed by atoms with van der Waals surface area (Å²) in [6, 6.07) is 2.50. The maximum atomic E-state index is 2.92. The molecular weight excluding hydrogens is 246 g/mol. The van der Waals surface area contributed by atoms with E-state index < -0.39 is 0 Å². The van der Waals surface area contributed by atoms with Gasteiger partial charge in [0.1, 0.15) is 0 Å². The largest absolute Gasteiger partial charge is 0.306 e. The molecule has 0 saturated carbocycles. The number of hydrogen-bond acceptors (Lipinski definition) is 3. The Morgan fingerprint density at radius 1 is 0.850 bits per heavy atom. The highest BCUT2D eigenvalue weighted by molar-refractivity contribution is 4.95. The van der Waals surface area contributed by atoms with Gasteiger partial charge in [-0.05, 0) is 58.3 Å². The van der Waals surface area contributed by atoms with Crippen LogP contribution in [0.4, 0.5) is 0 Å². The summed E-state index contributed by atoms with van der Waals surface area (Å²) < 4.78 is 0. The average molecular weight is 279 g/mol. The summed E-state index contributed by atoms with van der Waals surface area (Å²) in [6.07, 6.45) is 7.08. The molecular formula is C17H33N3. The highest BCUT2D eigenvalue weighted by atomic mass is 15.3. The number of piperidine rings is 2. The zero-order chi connectivity index (χ0) is 14.1. The Bertz CT molecular complexity index is 309. The van der Waals surface area contributed by atoms with Crippen LogP contribution >= 0.6 is 0 Å². The van der Waals surface area contributed by atoms with Gasteiger partial charge in [-0.25, -0.2) is 0 Å². The van der Waals surface area contributed by atoms with Gasteiger partial charge in [0.05, 0.1) is 0 Å². The van der Waals surface area contributed by atoms with Crippen LogP contribution in [0, 0.1) is 5.92 Å². The minimum absolute atomic E-state index is 0.789. The van der Waals surface area contributed by atoms with Crippen LogP contribution in [0.3, 0.4) is 0 Å². The van der Waals surface area contributed by atoms with Crippen molar-refractivity contribution in [2.75, 3.05) is 39.8 Å². The standard InChI is InChI=1S/C17H33N3/c1-14(2)17-13-19-9-5-4-6-16(19)12-20(17)15-7-10-18(3)11-8-15/h14-17H,4-13H2,1-3H3. The molecule has 0 amide bonds. The van der Waals surface area contributed by atoms with E-state index in [0.717, 1.165) is 24.0 Å². The highest BCUT2D eigenvalue weighted by Gasteiger charge is 2.39. The van der Waals surface area contributed by atoms with Crippen LogP contribution in [0.25, 0.3) is 0 Å². The van der Waals surface area contributed by atoms with E-state index in [0.29, 0.717) is 0 Å². The second-order valence-corrected chi connectivity index (χ2v) is 7.69. The Morgan fingerprint density at radius 2 is 1.60 bits per heavy atom. The third-order valence-corrected chi connectivity index (χ3v) is 5.94. The van der Waals surface area contributed by atoms with Crippen molar-refractivity contribution in [3.8, 4) is 0 Å². The predicted molar refractivity (Wildman–Crippen MR) is 85.1 cm³/mol. The Balaban J connectivity index is 1.69. The molecule has 116 valence electrons. The number of rotatable bonds is 2. The van der Waals surface area contributed by atoms with Crippen molar-refractivity contribution in [2.24, 2.45) is 5.92 Å². The van der Waals surface area contributed by atoms with Gasteiger partial charge in [0, 0.05) is 31.2 Å². The molecule has 0 aliphatic carbocycles. The predicted octanol–water partition coefficient (Wildman–Crippen LogP) is 2.28. The number of fused-ring (bicyclic) bond motifs is 1. The number of nitrogens with zero attached hydrogens (tertiary/aromatic N) is 3. The van der Waals surface area contributed by atoms with Crippen molar-refractivity contribution in [1.82, 2.24) is 14.7 Å². The fourth-order valence-corrected chi connectivity index (χ4v) is 4.57. The first-order valence-electron chi connectivity index (χ1n) is 8.83. The minimum Gasteiger partial charge on any atom is -0.306 e. The average Bonchev–Trinajstić information content (AvgIpc) is 2.46. The van der Waals surface area contributed by atoms with Gasteiger partial charge < -0.3 is 4.90 Å². The van der Waals surface area contributed by atoms with Crippen molar-refractivity contribution >= 4 is 0 Å². The smallest absolute Gasteiger partial charge is 0.0249 e. The van der Waals surface area contributed by atoms with Crippen LogP contribution < -0.4 is 0 Å². The van der Waals surface area contributed by atoms with Crippen LogP contribution in [0.1, 0.15) is 46.0 Å². The molecule has 0 N–H and O–H groups in total. The molecule has 3 heteroatoms. The van der Waals surface area contributed by atoms with Crippen LogP contribution in [0.5, 0.6) is 0 Å². The molecule has 0 aromatic rings. The molecule has 3 rings (SSSR count). The van der Waals surface area contributed by atoms with Crippen molar-refractivity contribution in [2.45, 2.75) is 64.1 Å². The maximum absolute atomic E-state index is 2.92. The van der Waals surface area contributed by atoms with Gasteiger partial charge >= 0.3 is 0 Å². The number of likely N-dealkylation sites (tertiary alicyclic amines) is 1. The molecule has 3 aliphatic heterocycles. The molecule has 20 heavy (non-hydrogen) atoms. The van der Waals surface area contributed by atoms with E-state index in [4.69, 9.17) is 0 Å². The van der Waals surface area contributed by atoms with E-state index in [-0.39, 0.29) is 0 Å². The molecule has 0 aromatic carbocycles. The summed E-state index contributed by atoms with van der Waals surface area (Å²) in [5, 5.41) is 0. The van der Waals surface area contributed by atoms with Crippen LogP contribution in [0.15, 0.2) is 0 Å². The summed E-state index contributed by atoms with van der Waals surface area (Å²) in [5.41, 5.74) is 0. The zero-order valence-corrected chi connectivity index (χ0v) is 13.7. The van der Waals surface area contributed by atoms with Gasteiger partial charge in [-0.15, -0.1) is 0 Å². The summed E-state index contributed by atoms with van der Waals surface area (Å²) >= 11 is 0. The Morgan fingerprint density at radius 3 is 2.30 bits per heavy atom. The van der Waals surface area contributed by atoms with Crippen LogP contribution in [-0.2, 0) is 0 Å². The quantitative estimate of drug-likeness (QED) is 0.768. The summed E-state index contributed by atoms with van der Waals surface area (Å²) in [4.78, 5) is 8.22. The molecule has 0 spiro atoms. The monoisotopic (exact) mass is 279 g/mol. The number of piperazine rings is 1. The van der Waals surface area contributed by atoms with Crippen molar-refractivity contribution in [3.05, 3.63) is 0 Å². The lowest BCUT2D eigenvalue weighted by atomic mass is 9.89. The molecule has 3 fully saturated rings. The Hall–Kier alpha value is -0.120. The molecule has 3 aliphatic rings. The van der Waals surface area contributed by atoms with Gasteiger partial charge in [-0.1, -0.05) is 20.3 Å². The van der Waals surface area contributed by atoms with Crippen LogP contribution in [-0.4, -0.2) is 72.6 Å². The Labute approximate surface area is 125 Å². The first kappa shape index (κ1) is 14.8. The third kappa shape index (κ3) is 3.05.